The van der Waals surface area contributed by atoms with Crippen molar-refractivity contribution in [2.45, 2.75) is 13.8 Å². The molecule has 1 N–H and O–H groups in total. The molecule has 0 aromatic carbocycles. The Kier molecular flexibility index (Phi) is 2.27. The van der Waals surface area contributed by atoms with Gasteiger partial charge >= 0.3 is 0 Å². The van der Waals surface area contributed by atoms with Crippen molar-refractivity contribution in [3.05, 3.63) is 35.7 Å². The van der Waals surface area contributed by atoms with Gasteiger partial charge in [-0.25, -0.2) is 0 Å². The molecule has 0 unspecified atom stereocenters. The van der Waals surface area contributed by atoms with E-state index in [1.165, 1.54) is 30.4 Å². The van der Waals surface area contributed by atoms with E-state index in [1.54, 1.807) is 12.3 Å². The second kappa shape index (κ2) is 3.48. The zero-order valence-electron chi connectivity index (χ0n) is 9.02. The molecule has 0 radical (unpaired) electrons. The van der Waals surface area contributed by atoms with Gasteiger partial charge in [0.25, 0.3) is 0 Å². The minimum atomic E-state index is -0.175. The number of rotatable bonds is 2. The van der Waals surface area contributed by atoms with Crippen LogP contribution >= 0.6 is 0 Å². The lowest BCUT2D eigenvalue weighted by molar-refractivity contribution is 0.101. The first-order chi connectivity index (χ1) is 7.52. The highest BCUT2D eigenvalue weighted by atomic mass is 16.3. The van der Waals surface area contributed by atoms with Crippen LogP contribution in [0.3, 0.4) is 0 Å². The van der Waals surface area contributed by atoms with Gasteiger partial charge in [-0.1, -0.05) is 0 Å². The number of ketones is 2. The Bertz CT molecular complexity index is 596. The Hall–Kier alpha value is -2.10. The lowest BCUT2D eigenvalue weighted by Crippen LogP contribution is -1.97. The molecule has 0 atom stereocenters. The number of fused-ring (bicyclic) bond motifs is 1. The van der Waals surface area contributed by atoms with Crippen LogP contribution in [0.2, 0.25) is 0 Å². The largest absolute Gasteiger partial charge is 0.506 e. The number of hydrogen-bond acceptors (Lipinski definition) is 3. The molecule has 0 spiro atoms. The smallest absolute Gasteiger partial charge is 0.176 e. The lowest BCUT2D eigenvalue weighted by Gasteiger charge is -2.01. The molecule has 0 fully saturated rings. The molecular formula is C12H11NO3. The molecule has 0 aliphatic rings. The molecule has 2 heterocycles. The van der Waals surface area contributed by atoms with Gasteiger partial charge in [0.05, 0.1) is 11.2 Å². The topological polar surface area (TPSA) is 58.8 Å². The first-order valence-electron chi connectivity index (χ1n) is 4.87. The summed E-state index contributed by atoms with van der Waals surface area (Å²) < 4.78 is 1.54. The van der Waals surface area contributed by atoms with Crippen molar-refractivity contribution in [1.29, 1.82) is 0 Å². The maximum Gasteiger partial charge on any atom is 0.176 e. The number of aromatic hydroxyl groups is 1. The van der Waals surface area contributed by atoms with Gasteiger partial charge < -0.3 is 9.51 Å². The molecule has 0 bridgehead atoms. The van der Waals surface area contributed by atoms with Crippen LogP contribution in [0.1, 0.15) is 34.7 Å². The first-order valence-corrected chi connectivity index (χ1v) is 4.87. The first kappa shape index (κ1) is 10.4. The standard InChI is InChI=1S/C12H11NO3/c1-7(14)9-6-10(8(2)15)13-5-3-4-11(16)12(9)13/h3-6,16H,1-2H3. The number of carbonyl (C=O) groups excluding carboxylic acids is 2. The number of carbonyl (C=O) groups is 2. The molecule has 0 amide bonds. The van der Waals surface area contributed by atoms with Crippen molar-refractivity contribution in [3.8, 4) is 5.75 Å². The van der Waals surface area contributed by atoms with Crippen molar-refractivity contribution in [2.24, 2.45) is 0 Å². The summed E-state index contributed by atoms with van der Waals surface area (Å²) in [5.74, 6) is -0.320. The van der Waals surface area contributed by atoms with Crippen molar-refractivity contribution in [1.82, 2.24) is 4.40 Å². The second-order valence-corrected chi connectivity index (χ2v) is 3.67. The van der Waals surface area contributed by atoms with E-state index in [0.717, 1.165) is 0 Å². The van der Waals surface area contributed by atoms with Crippen molar-refractivity contribution in [2.75, 3.05) is 0 Å². The fraction of sp³-hybridized carbons (Fsp3) is 0.167. The molecule has 0 saturated carbocycles. The quantitative estimate of drug-likeness (QED) is 0.783. The molecule has 0 aliphatic carbocycles. The van der Waals surface area contributed by atoms with Crippen molar-refractivity contribution in [3.63, 3.8) is 0 Å². The van der Waals surface area contributed by atoms with Crippen molar-refractivity contribution < 1.29 is 14.7 Å². The average molecular weight is 217 g/mol. The van der Waals surface area contributed by atoms with Gasteiger partial charge in [-0.3, -0.25) is 9.59 Å². The number of hydrogen-bond donors (Lipinski definition) is 1. The van der Waals surface area contributed by atoms with E-state index < -0.39 is 0 Å². The van der Waals surface area contributed by atoms with Gasteiger partial charge in [-0.2, -0.15) is 0 Å². The van der Waals surface area contributed by atoms with E-state index in [1.807, 2.05) is 0 Å². The zero-order valence-corrected chi connectivity index (χ0v) is 9.02. The predicted molar refractivity (Wildman–Crippen MR) is 59.1 cm³/mol. The zero-order chi connectivity index (χ0) is 11.9. The summed E-state index contributed by atoms with van der Waals surface area (Å²) in [7, 11) is 0. The lowest BCUT2D eigenvalue weighted by atomic mass is 10.1. The van der Waals surface area contributed by atoms with Crippen LogP contribution in [0.25, 0.3) is 5.52 Å². The van der Waals surface area contributed by atoms with Gasteiger partial charge in [-0.15, -0.1) is 0 Å². The fourth-order valence-electron chi connectivity index (χ4n) is 1.78. The number of aromatic nitrogens is 1. The molecule has 2 rings (SSSR count). The van der Waals surface area contributed by atoms with Gasteiger partial charge in [0.2, 0.25) is 0 Å². The van der Waals surface area contributed by atoms with E-state index >= 15 is 0 Å². The maximum absolute atomic E-state index is 11.4. The molecule has 0 saturated heterocycles. The summed E-state index contributed by atoms with van der Waals surface area (Å²) in [6.45, 7) is 2.83. The molecule has 16 heavy (non-hydrogen) atoms. The third kappa shape index (κ3) is 1.39. The van der Waals surface area contributed by atoms with E-state index in [-0.39, 0.29) is 17.3 Å². The summed E-state index contributed by atoms with van der Waals surface area (Å²) in [6, 6.07) is 4.63. The van der Waals surface area contributed by atoms with E-state index in [9.17, 15) is 14.7 Å². The summed E-state index contributed by atoms with van der Waals surface area (Å²) in [4.78, 5) is 22.8. The minimum Gasteiger partial charge on any atom is -0.506 e. The maximum atomic E-state index is 11.4. The SMILES string of the molecule is CC(=O)c1cc(C(C)=O)n2cccc(O)c12. The highest BCUT2D eigenvalue weighted by Crippen LogP contribution is 2.26. The molecule has 4 nitrogen and oxygen atoms in total. The minimum absolute atomic E-state index is 0.000185. The van der Waals surface area contributed by atoms with E-state index in [0.29, 0.717) is 16.8 Å². The van der Waals surface area contributed by atoms with Crippen LogP contribution in [0.4, 0.5) is 0 Å². The predicted octanol–water partition coefficient (Wildman–Crippen LogP) is 2.05. The Morgan fingerprint density at radius 2 is 1.94 bits per heavy atom. The van der Waals surface area contributed by atoms with Crippen LogP contribution in [0.5, 0.6) is 5.75 Å². The van der Waals surface area contributed by atoms with Gasteiger partial charge in [0, 0.05) is 18.7 Å². The normalized spacial score (nSPS) is 10.6. The third-order valence-corrected chi connectivity index (χ3v) is 2.51. The fourth-order valence-corrected chi connectivity index (χ4v) is 1.78. The molecular weight excluding hydrogens is 206 g/mol. The molecule has 2 aromatic heterocycles. The Morgan fingerprint density at radius 3 is 2.50 bits per heavy atom. The summed E-state index contributed by atoms with van der Waals surface area (Å²) in [5, 5.41) is 9.71. The van der Waals surface area contributed by atoms with Crippen LogP contribution in [0.15, 0.2) is 24.4 Å². The third-order valence-electron chi connectivity index (χ3n) is 2.51. The Morgan fingerprint density at radius 1 is 1.25 bits per heavy atom. The van der Waals surface area contributed by atoms with E-state index in [2.05, 4.69) is 0 Å². The Balaban J connectivity index is 2.93. The van der Waals surface area contributed by atoms with Crippen LogP contribution in [-0.2, 0) is 0 Å². The Labute approximate surface area is 92.1 Å². The summed E-state index contributed by atoms with van der Waals surface area (Å²) in [6.07, 6.45) is 1.65. The summed E-state index contributed by atoms with van der Waals surface area (Å²) in [5.41, 5.74) is 1.15. The van der Waals surface area contributed by atoms with Crippen LogP contribution in [0, 0.1) is 0 Å². The second-order valence-electron chi connectivity index (χ2n) is 3.67. The monoisotopic (exact) mass is 217 g/mol. The molecule has 82 valence electrons. The molecule has 4 heteroatoms. The number of Topliss-reactive ketones (excluding diaryl/α,β-unsaturated/α-hetero) is 2. The van der Waals surface area contributed by atoms with Gasteiger partial charge in [0.15, 0.2) is 11.6 Å². The van der Waals surface area contributed by atoms with Crippen molar-refractivity contribution >= 4 is 17.1 Å². The van der Waals surface area contributed by atoms with Gasteiger partial charge in [-0.05, 0) is 25.1 Å². The number of pyridine rings is 1. The molecule has 2 aromatic rings. The highest BCUT2D eigenvalue weighted by Gasteiger charge is 2.17. The van der Waals surface area contributed by atoms with Crippen LogP contribution < -0.4 is 0 Å². The average Bonchev–Trinajstić information content (AvgIpc) is 2.58. The highest BCUT2D eigenvalue weighted by molar-refractivity contribution is 6.06. The van der Waals surface area contributed by atoms with Crippen LogP contribution in [-0.4, -0.2) is 21.1 Å². The summed E-state index contributed by atoms with van der Waals surface area (Å²) >= 11 is 0. The van der Waals surface area contributed by atoms with E-state index in [4.69, 9.17) is 0 Å². The molecule has 0 aliphatic heterocycles. The van der Waals surface area contributed by atoms with Gasteiger partial charge in [0.1, 0.15) is 5.75 Å². The number of nitrogens with zero attached hydrogens (tertiary/aromatic N) is 1.